The summed E-state index contributed by atoms with van der Waals surface area (Å²) in [5.41, 5.74) is 1.36. The van der Waals surface area contributed by atoms with Crippen molar-refractivity contribution in [2.45, 2.75) is 13.0 Å². The molecule has 3 aromatic carbocycles. The van der Waals surface area contributed by atoms with Gasteiger partial charge >= 0.3 is 0 Å². The van der Waals surface area contributed by atoms with Crippen molar-refractivity contribution >= 4 is 18.7 Å². The van der Waals surface area contributed by atoms with Crippen LogP contribution in [0, 0.1) is 0 Å². The fraction of sp³-hybridized carbons (Fsp3) is 0.143. The minimum atomic E-state index is -0.542. The van der Waals surface area contributed by atoms with Gasteiger partial charge in [-0.2, -0.15) is 0 Å². The number of nitrogens with zero attached hydrogens (tertiary/aromatic N) is 1. The zero-order chi connectivity index (χ0) is 16.1. The fourth-order valence-electron chi connectivity index (χ4n) is 2.77. The van der Waals surface area contributed by atoms with E-state index in [-0.39, 0.29) is 0 Å². The molecule has 2 heteroatoms. The molecule has 0 heterocycles. The van der Waals surface area contributed by atoms with E-state index in [0.717, 1.165) is 0 Å². The molecule has 0 radical (unpaired) electrons. The van der Waals surface area contributed by atoms with Gasteiger partial charge in [0.15, 0.2) is 0 Å². The van der Waals surface area contributed by atoms with Crippen molar-refractivity contribution in [1.29, 1.82) is 0 Å². The molecule has 0 fully saturated rings. The Kier molecular flexibility index (Phi) is 5.23. The summed E-state index contributed by atoms with van der Waals surface area (Å²) in [5, 5.41) is 2.78. The van der Waals surface area contributed by atoms with E-state index in [0.29, 0.717) is 6.04 Å². The molecule has 0 amide bonds. The SMILES string of the molecule is C[C@@H](c1ccccc1)N(C)P(c1ccccc1)c1ccccc1. The molecular formula is C21H22NP. The second kappa shape index (κ2) is 7.55. The number of hydrogen-bond acceptors (Lipinski definition) is 1. The van der Waals surface area contributed by atoms with Crippen molar-refractivity contribution in [3.05, 3.63) is 96.6 Å². The standard InChI is InChI=1S/C21H22NP/c1-18(19-12-6-3-7-13-19)22(2)23(20-14-8-4-9-15-20)21-16-10-5-11-17-21/h3-18H,1-2H3/t18-/m0/s1. The second-order valence-electron chi connectivity index (χ2n) is 5.64. The third kappa shape index (κ3) is 3.69. The highest BCUT2D eigenvalue weighted by molar-refractivity contribution is 7.70. The lowest BCUT2D eigenvalue weighted by Gasteiger charge is -2.34. The van der Waals surface area contributed by atoms with Crippen LogP contribution in [-0.2, 0) is 0 Å². The van der Waals surface area contributed by atoms with Gasteiger partial charge in [0.05, 0.1) is 0 Å². The topological polar surface area (TPSA) is 3.24 Å². The van der Waals surface area contributed by atoms with E-state index in [9.17, 15) is 0 Å². The van der Waals surface area contributed by atoms with Gasteiger partial charge in [-0.1, -0.05) is 91.0 Å². The van der Waals surface area contributed by atoms with Crippen molar-refractivity contribution in [2.75, 3.05) is 7.05 Å². The molecule has 0 N–H and O–H groups in total. The molecular weight excluding hydrogens is 297 g/mol. The molecule has 0 spiro atoms. The summed E-state index contributed by atoms with van der Waals surface area (Å²) in [7, 11) is 1.70. The van der Waals surface area contributed by atoms with Crippen LogP contribution in [0.3, 0.4) is 0 Å². The first kappa shape index (κ1) is 15.9. The Labute approximate surface area is 140 Å². The average molecular weight is 319 g/mol. The Hall–Kier alpha value is -1.95. The summed E-state index contributed by atoms with van der Waals surface area (Å²) in [6, 6.07) is 32.8. The molecule has 0 aliphatic heterocycles. The lowest BCUT2D eigenvalue weighted by Crippen LogP contribution is -2.27. The minimum Gasteiger partial charge on any atom is -0.271 e. The summed E-state index contributed by atoms with van der Waals surface area (Å²) < 4.78 is 2.51. The van der Waals surface area contributed by atoms with Gasteiger partial charge in [-0.05, 0) is 30.1 Å². The van der Waals surface area contributed by atoms with Crippen molar-refractivity contribution in [3.8, 4) is 0 Å². The highest BCUT2D eigenvalue weighted by Gasteiger charge is 2.23. The number of benzene rings is 3. The summed E-state index contributed by atoms with van der Waals surface area (Å²) in [4.78, 5) is 0. The molecule has 0 unspecified atom stereocenters. The quantitative estimate of drug-likeness (QED) is 0.615. The molecule has 0 aromatic heterocycles. The summed E-state index contributed by atoms with van der Waals surface area (Å²) in [6.45, 7) is 2.29. The Morgan fingerprint density at radius 1 is 0.652 bits per heavy atom. The predicted octanol–water partition coefficient (Wildman–Crippen LogP) is 4.73. The van der Waals surface area contributed by atoms with Gasteiger partial charge in [0.2, 0.25) is 0 Å². The maximum Gasteiger partial charge on any atom is 0.0359 e. The van der Waals surface area contributed by atoms with Crippen LogP contribution < -0.4 is 10.6 Å². The maximum absolute atomic E-state index is 2.51. The Morgan fingerprint density at radius 2 is 1.04 bits per heavy atom. The first-order chi connectivity index (χ1) is 11.3. The highest BCUT2D eigenvalue weighted by atomic mass is 31.1. The van der Waals surface area contributed by atoms with Crippen LogP contribution in [0.25, 0.3) is 0 Å². The van der Waals surface area contributed by atoms with Gasteiger partial charge in [0.1, 0.15) is 0 Å². The van der Waals surface area contributed by atoms with Crippen LogP contribution in [0.5, 0.6) is 0 Å². The third-order valence-corrected chi connectivity index (χ3v) is 6.71. The molecule has 0 bridgehead atoms. The van der Waals surface area contributed by atoms with Crippen LogP contribution in [-0.4, -0.2) is 11.7 Å². The van der Waals surface area contributed by atoms with Crippen LogP contribution in [0.4, 0.5) is 0 Å². The van der Waals surface area contributed by atoms with E-state index < -0.39 is 8.07 Å². The second-order valence-corrected chi connectivity index (χ2v) is 7.93. The average Bonchev–Trinajstić information content (AvgIpc) is 2.64. The molecule has 116 valence electrons. The van der Waals surface area contributed by atoms with Crippen LogP contribution in [0.1, 0.15) is 18.5 Å². The Bertz CT molecular complexity index is 673. The molecule has 1 atom stereocenters. The van der Waals surface area contributed by atoms with Crippen molar-refractivity contribution in [2.24, 2.45) is 0 Å². The largest absolute Gasteiger partial charge is 0.271 e. The Morgan fingerprint density at radius 3 is 1.48 bits per heavy atom. The zero-order valence-corrected chi connectivity index (χ0v) is 14.5. The van der Waals surface area contributed by atoms with Gasteiger partial charge in [0, 0.05) is 14.1 Å². The van der Waals surface area contributed by atoms with Gasteiger partial charge in [-0.3, -0.25) is 4.67 Å². The van der Waals surface area contributed by atoms with Gasteiger partial charge in [0.25, 0.3) is 0 Å². The molecule has 0 aliphatic rings. The van der Waals surface area contributed by atoms with Crippen molar-refractivity contribution in [1.82, 2.24) is 4.67 Å². The van der Waals surface area contributed by atoms with E-state index in [4.69, 9.17) is 0 Å². The summed E-state index contributed by atoms with van der Waals surface area (Å²) in [6.07, 6.45) is 0. The van der Waals surface area contributed by atoms with Crippen LogP contribution >= 0.6 is 8.07 Å². The van der Waals surface area contributed by atoms with Crippen LogP contribution in [0.2, 0.25) is 0 Å². The van der Waals surface area contributed by atoms with E-state index >= 15 is 0 Å². The molecule has 0 saturated carbocycles. The van der Waals surface area contributed by atoms with Crippen LogP contribution in [0.15, 0.2) is 91.0 Å². The monoisotopic (exact) mass is 319 g/mol. The lowest BCUT2D eigenvalue weighted by atomic mass is 10.1. The first-order valence-electron chi connectivity index (χ1n) is 7.95. The zero-order valence-electron chi connectivity index (χ0n) is 13.6. The van der Waals surface area contributed by atoms with Crippen molar-refractivity contribution < 1.29 is 0 Å². The smallest absolute Gasteiger partial charge is 0.0359 e. The van der Waals surface area contributed by atoms with E-state index in [1.165, 1.54) is 16.2 Å². The molecule has 3 aromatic rings. The molecule has 0 aliphatic carbocycles. The predicted molar refractivity (Wildman–Crippen MR) is 102 cm³/mol. The van der Waals surface area contributed by atoms with Gasteiger partial charge < -0.3 is 0 Å². The van der Waals surface area contributed by atoms with E-state index in [1.54, 1.807) is 0 Å². The summed E-state index contributed by atoms with van der Waals surface area (Å²) >= 11 is 0. The van der Waals surface area contributed by atoms with E-state index in [2.05, 4.69) is 110 Å². The van der Waals surface area contributed by atoms with Crippen molar-refractivity contribution in [3.63, 3.8) is 0 Å². The summed E-state index contributed by atoms with van der Waals surface area (Å²) in [5.74, 6) is 0. The molecule has 1 nitrogen and oxygen atoms in total. The van der Waals surface area contributed by atoms with Gasteiger partial charge in [-0.25, -0.2) is 0 Å². The Balaban J connectivity index is 1.98. The molecule has 0 saturated heterocycles. The molecule has 23 heavy (non-hydrogen) atoms. The van der Waals surface area contributed by atoms with E-state index in [1.807, 2.05) is 0 Å². The minimum absolute atomic E-state index is 0.364. The molecule has 3 rings (SSSR count). The highest BCUT2D eigenvalue weighted by Crippen LogP contribution is 2.42. The number of hydrogen-bond donors (Lipinski definition) is 0. The lowest BCUT2D eigenvalue weighted by molar-refractivity contribution is 0.444. The fourth-order valence-corrected chi connectivity index (χ4v) is 5.19. The van der Waals surface area contributed by atoms with Gasteiger partial charge in [-0.15, -0.1) is 0 Å². The third-order valence-electron chi connectivity index (χ3n) is 4.16. The first-order valence-corrected chi connectivity index (χ1v) is 9.25. The number of rotatable bonds is 5. The maximum atomic E-state index is 2.51. The normalized spacial score (nSPS) is 12.5.